The number of hydrogen-bond donors (Lipinski definition) is 1. The summed E-state index contributed by atoms with van der Waals surface area (Å²) < 4.78 is 0. The van der Waals surface area contributed by atoms with E-state index >= 15 is 0 Å². The Balaban J connectivity index is 2.09. The highest BCUT2D eigenvalue weighted by Crippen LogP contribution is 2.26. The van der Waals surface area contributed by atoms with Crippen molar-refractivity contribution in [2.75, 3.05) is 0 Å². The number of aromatic nitrogens is 1. The van der Waals surface area contributed by atoms with Gasteiger partial charge in [0.25, 0.3) is 5.91 Å². The van der Waals surface area contributed by atoms with Crippen molar-refractivity contribution in [1.82, 2.24) is 10.3 Å². The van der Waals surface area contributed by atoms with Gasteiger partial charge in [0.05, 0.1) is 24.2 Å². The first-order chi connectivity index (χ1) is 10.8. The molecule has 0 spiro atoms. The lowest BCUT2D eigenvalue weighted by Crippen LogP contribution is -2.26. The maximum Gasteiger partial charge on any atom is 0.251 e. The van der Waals surface area contributed by atoms with Crippen LogP contribution in [0.5, 0.6) is 0 Å². The maximum absolute atomic E-state index is 12.4. The molecule has 0 aliphatic rings. The number of nitriles is 1. The van der Waals surface area contributed by atoms with E-state index in [2.05, 4.69) is 37.1 Å². The van der Waals surface area contributed by atoms with E-state index < -0.39 is 0 Å². The highest BCUT2D eigenvalue weighted by Gasteiger charge is 2.20. The molecule has 0 unspecified atom stereocenters. The summed E-state index contributed by atoms with van der Waals surface area (Å²) in [7, 11) is 0. The summed E-state index contributed by atoms with van der Waals surface area (Å²) in [6, 6.07) is 9.10. The smallest absolute Gasteiger partial charge is 0.251 e. The van der Waals surface area contributed by atoms with E-state index in [1.165, 1.54) is 0 Å². The van der Waals surface area contributed by atoms with Crippen LogP contribution in [0.3, 0.4) is 0 Å². The van der Waals surface area contributed by atoms with Gasteiger partial charge in [-0.05, 0) is 24.6 Å². The highest BCUT2D eigenvalue weighted by atomic mass is 32.1. The third-order valence-corrected chi connectivity index (χ3v) is 4.51. The number of benzene rings is 1. The Morgan fingerprint density at radius 1 is 1.43 bits per heavy atom. The summed E-state index contributed by atoms with van der Waals surface area (Å²) in [5.41, 5.74) is 2.45. The number of amides is 1. The maximum atomic E-state index is 12.4. The van der Waals surface area contributed by atoms with Gasteiger partial charge < -0.3 is 5.32 Å². The molecular weight excluding hydrogens is 306 g/mol. The van der Waals surface area contributed by atoms with Gasteiger partial charge in [0.2, 0.25) is 0 Å². The van der Waals surface area contributed by atoms with Gasteiger partial charge in [0, 0.05) is 16.4 Å². The fraction of sp³-hybridized carbons (Fsp3) is 0.389. The molecular formula is C18H21N3OS. The van der Waals surface area contributed by atoms with E-state index in [4.69, 9.17) is 5.26 Å². The molecule has 0 radical (unpaired) electrons. The second kappa shape index (κ2) is 6.93. The van der Waals surface area contributed by atoms with Crippen molar-refractivity contribution >= 4 is 17.2 Å². The molecule has 2 aromatic rings. The van der Waals surface area contributed by atoms with Crippen molar-refractivity contribution < 1.29 is 4.79 Å². The molecule has 0 saturated heterocycles. The van der Waals surface area contributed by atoms with E-state index in [0.717, 1.165) is 16.3 Å². The van der Waals surface area contributed by atoms with Crippen molar-refractivity contribution in [2.45, 2.75) is 45.6 Å². The number of rotatable bonds is 4. The SMILES string of the molecule is C[C@H](NC(=O)c1cccc(CC#N)c1)c1nc(C(C)(C)C)cs1. The predicted octanol–water partition coefficient (Wildman–Crippen LogP) is 4.00. The second-order valence-electron chi connectivity index (χ2n) is 6.55. The van der Waals surface area contributed by atoms with Gasteiger partial charge in [-0.15, -0.1) is 11.3 Å². The molecule has 1 amide bonds. The van der Waals surface area contributed by atoms with Crippen molar-refractivity contribution in [3.05, 3.63) is 51.5 Å². The van der Waals surface area contributed by atoms with Gasteiger partial charge in [-0.25, -0.2) is 4.98 Å². The minimum atomic E-state index is -0.150. The van der Waals surface area contributed by atoms with Crippen LogP contribution in [-0.2, 0) is 11.8 Å². The second-order valence-corrected chi connectivity index (χ2v) is 7.44. The Morgan fingerprint density at radius 2 is 2.17 bits per heavy atom. The standard InChI is InChI=1S/C18H21N3OS/c1-12(17-21-15(11-23-17)18(2,3)4)20-16(22)14-7-5-6-13(10-14)8-9-19/h5-7,10-12H,8H2,1-4H3,(H,20,22)/t12-/m0/s1. The molecule has 1 aromatic carbocycles. The number of carbonyl (C=O) groups is 1. The molecule has 4 nitrogen and oxygen atoms in total. The number of nitrogens with one attached hydrogen (secondary N) is 1. The monoisotopic (exact) mass is 327 g/mol. The lowest BCUT2D eigenvalue weighted by atomic mass is 9.93. The van der Waals surface area contributed by atoms with Gasteiger partial charge in [-0.2, -0.15) is 5.26 Å². The van der Waals surface area contributed by atoms with E-state index in [1.54, 1.807) is 29.5 Å². The summed E-state index contributed by atoms with van der Waals surface area (Å²) in [6.45, 7) is 8.30. The lowest BCUT2D eigenvalue weighted by Gasteiger charge is -2.15. The first-order valence-corrected chi connectivity index (χ1v) is 8.42. The average Bonchev–Trinajstić information content (AvgIpc) is 2.98. The highest BCUT2D eigenvalue weighted by molar-refractivity contribution is 7.09. The summed E-state index contributed by atoms with van der Waals surface area (Å²) in [4.78, 5) is 17.0. The molecule has 0 fully saturated rings. The van der Waals surface area contributed by atoms with E-state index in [9.17, 15) is 4.79 Å². The fourth-order valence-electron chi connectivity index (χ4n) is 2.09. The summed E-state index contributed by atoms with van der Waals surface area (Å²) in [5.74, 6) is -0.148. The zero-order valence-electron chi connectivity index (χ0n) is 13.9. The van der Waals surface area contributed by atoms with E-state index in [1.807, 2.05) is 18.4 Å². The van der Waals surface area contributed by atoms with Gasteiger partial charge in [-0.3, -0.25) is 4.79 Å². The molecule has 1 atom stereocenters. The van der Waals surface area contributed by atoms with Gasteiger partial charge in [0.15, 0.2) is 0 Å². The van der Waals surface area contributed by atoms with Crippen LogP contribution in [0.25, 0.3) is 0 Å². The van der Waals surface area contributed by atoms with Crippen LogP contribution in [0.4, 0.5) is 0 Å². The van der Waals surface area contributed by atoms with Crippen molar-refractivity contribution in [1.29, 1.82) is 5.26 Å². The molecule has 120 valence electrons. The van der Waals surface area contributed by atoms with Crippen LogP contribution in [0.2, 0.25) is 0 Å². The minimum absolute atomic E-state index is 0.00407. The van der Waals surface area contributed by atoms with Crippen LogP contribution >= 0.6 is 11.3 Å². The van der Waals surface area contributed by atoms with Crippen molar-refractivity contribution in [3.8, 4) is 6.07 Å². The van der Waals surface area contributed by atoms with Crippen molar-refractivity contribution in [3.63, 3.8) is 0 Å². The summed E-state index contributed by atoms with van der Waals surface area (Å²) in [6.07, 6.45) is 0.304. The van der Waals surface area contributed by atoms with E-state index in [0.29, 0.717) is 12.0 Å². The number of thiazole rings is 1. The third-order valence-electron chi connectivity index (χ3n) is 3.48. The Hall–Kier alpha value is -2.19. The molecule has 23 heavy (non-hydrogen) atoms. The number of hydrogen-bond acceptors (Lipinski definition) is 4. The molecule has 5 heteroatoms. The largest absolute Gasteiger partial charge is 0.343 e. The minimum Gasteiger partial charge on any atom is -0.343 e. The zero-order valence-corrected chi connectivity index (χ0v) is 14.7. The average molecular weight is 327 g/mol. The Labute approximate surface area is 141 Å². The number of carbonyl (C=O) groups excluding carboxylic acids is 1. The molecule has 1 aromatic heterocycles. The first kappa shape index (κ1) is 17.2. The molecule has 2 rings (SSSR count). The van der Waals surface area contributed by atoms with E-state index in [-0.39, 0.29) is 17.4 Å². The van der Waals surface area contributed by atoms with Crippen LogP contribution < -0.4 is 5.32 Å². The number of nitrogens with zero attached hydrogens (tertiary/aromatic N) is 2. The predicted molar refractivity (Wildman–Crippen MR) is 92.5 cm³/mol. The van der Waals surface area contributed by atoms with Crippen LogP contribution in [0.1, 0.15) is 60.4 Å². The van der Waals surface area contributed by atoms with Gasteiger partial charge in [-0.1, -0.05) is 32.9 Å². The van der Waals surface area contributed by atoms with Crippen molar-refractivity contribution in [2.24, 2.45) is 0 Å². The quantitative estimate of drug-likeness (QED) is 0.923. The molecule has 0 aliphatic heterocycles. The first-order valence-electron chi connectivity index (χ1n) is 7.54. The molecule has 1 heterocycles. The normalized spacial score (nSPS) is 12.5. The molecule has 0 aliphatic carbocycles. The Bertz CT molecular complexity index is 737. The lowest BCUT2D eigenvalue weighted by molar-refractivity contribution is 0.0939. The topological polar surface area (TPSA) is 65.8 Å². The van der Waals surface area contributed by atoms with Gasteiger partial charge >= 0.3 is 0 Å². The third kappa shape index (κ3) is 4.40. The molecule has 1 N–H and O–H groups in total. The zero-order chi connectivity index (χ0) is 17.0. The molecule has 0 bridgehead atoms. The van der Waals surface area contributed by atoms with Crippen LogP contribution in [0.15, 0.2) is 29.6 Å². The van der Waals surface area contributed by atoms with Crippen LogP contribution in [0, 0.1) is 11.3 Å². The Kier molecular flexibility index (Phi) is 5.17. The molecule has 0 saturated carbocycles. The summed E-state index contributed by atoms with van der Waals surface area (Å²) in [5, 5.41) is 14.7. The van der Waals surface area contributed by atoms with Gasteiger partial charge in [0.1, 0.15) is 5.01 Å². The van der Waals surface area contributed by atoms with Crippen LogP contribution in [-0.4, -0.2) is 10.9 Å². The fourth-order valence-corrected chi connectivity index (χ4v) is 3.14. The summed E-state index contributed by atoms with van der Waals surface area (Å²) >= 11 is 1.56. The Morgan fingerprint density at radius 3 is 2.78 bits per heavy atom.